The summed E-state index contributed by atoms with van der Waals surface area (Å²) in [5.41, 5.74) is 6.03. The van der Waals surface area contributed by atoms with Gasteiger partial charge in [0.25, 0.3) is 46.2 Å². The van der Waals surface area contributed by atoms with E-state index >= 15 is 0 Å². The van der Waals surface area contributed by atoms with Crippen molar-refractivity contribution in [2.24, 2.45) is 0 Å². The number of para-hydroxylation sites is 1. The highest BCUT2D eigenvalue weighted by Gasteiger charge is 2.14. The fraction of sp³-hybridized carbons (Fsp3) is 0. The van der Waals surface area contributed by atoms with Crippen LogP contribution in [0, 0.1) is 10.1 Å². The van der Waals surface area contributed by atoms with Crippen molar-refractivity contribution in [1.82, 2.24) is 0 Å². The average Bonchev–Trinajstić information content (AvgIpc) is 3.37. The molecule has 0 aromatic heterocycles. The number of fused-ring (bicyclic) bond motifs is 1. The number of hydrogen-bond donors (Lipinski definition) is 8. The zero-order valence-electron chi connectivity index (χ0n) is 39.4. The van der Waals surface area contributed by atoms with Gasteiger partial charge in [-0.1, -0.05) is 65.7 Å². The monoisotopic (exact) mass is 1160 g/mol. The molecule has 398 valence electrons. The number of anilines is 8. The van der Waals surface area contributed by atoms with Crippen molar-refractivity contribution in [3.63, 3.8) is 0 Å². The molecule has 0 spiro atoms. The number of benzene rings is 9. The molecule has 0 radical (unpaired) electrons. The molecule has 0 amide bonds. The fourth-order valence-electron chi connectivity index (χ4n) is 6.64. The molecule has 0 saturated heterocycles. The minimum atomic E-state index is -4.22. The Balaban J connectivity index is 0.000000167. The number of non-ortho nitro benzene ring substituents is 1. The summed E-state index contributed by atoms with van der Waals surface area (Å²) in [6.45, 7) is 0. The summed E-state index contributed by atoms with van der Waals surface area (Å²) >= 11 is 11.6. The summed E-state index contributed by atoms with van der Waals surface area (Å²) in [6, 6.07) is 56.8. The highest BCUT2D eigenvalue weighted by Crippen LogP contribution is 2.28. The average molecular weight is 1160 g/mol. The first-order valence-corrected chi connectivity index (χ1v) is 28.4. The minimum absolute atomic E-state index is 0.0164. The maximum absolute atomic E-state index is 11.4. The molecular weight excluding hydrogens is 1120 g/mol. The van der Waals surface area contributed by atoms with Gasteiger partial charge in [-0.15, -0.1) is 0 Å². The van der Waals surface area contributed by atoms with Crippen LogP contribution in [-0.2, 0) is 40.5 Å². The maximum atomic E-state index is 11.4. The van der Waals surface area contributed by atoms with Crippen molar-refractivity contribution in [2.75, 3.05) is 21.3 Å². The van der Waals surface area contributed by atoms with Crippen molar-refractivity contribution in [1.29, 1.82) is 0 Å². The SMILES string of the molecule is O=S(=O)(O)c1ccc(Nc2ccc(Cl)cc2)cc1.O=S(=O)(O)c1ccc(Nc2cccc(Cl)c2)cc1.O=S(=O)(O)c1cccc2cc(Nc3ccccc3)ccc12.O=[N+]([O-])c1ccc(Nc2ccc(S(=O)(=O)O)cc2)cc1. The molecule has 0 aliphatic carbocycles. The quantitative estimate of drug-likeness (QED) is 0.0302. The van der Waals surface area contributed by atoms with Crippen molar-refractivity contribution >= 4 is 126 Å². The van der Waals surface area contributed by atoms with E-state index in [1.165, 1.54) is 78.9 Å². The Bertz CT molecular complexity index is 3950. The van der Waals surface area contributed by atoms with Crippen LogP contribution in [0.3, 0.4) is 0 Å². The molecule has 9 rings (SSSR count). The largest absolute Gasteiger partial charge is 0.356 e. The number of nitrogens with one attached hydrogen (secondary N) is 4. The molecule has 0 aliphatic rings. The van der Waals surface area contributed by atoms with Gasteiger partial charge in [-0.3, -0.25) is 28.3 Å². The van der Waals surface area contributed by atoms with Crippen molar-refractivity contribution in [2.45, 2.75) is 19.6 Å². The van der Waals surface area contributed by atoms with Crippen molar-refractivity contribution < 1.29 is 56.8 Å². The Morgan fingerprint density at radius 2 is 0.701 bits per heavy atom. The molecule has 19 nitrogen and oxygen atoms in total. The Labute approximate surface area is 453 Å². The second kappa shape index (κ2) is 25.7. The second-order valence-electron chi connectivity index (χ2n) is 15.9. The van der Waals surface area contributed by atoms with Gasteiger partial charge >= 0.3 is 0 Å². The maximum Gasteiger partial charge on any atom is 0.295 e. The first-order chi connectivity index (χ1) is 36.3. The van der Waals surface area contributed by atoms with Crippen LogP contribution in [0.4, 0.5) is 51.2 Å². The van der Waals surface area contributed by atoms with E-state index in [1.807, 2.05) is 42.5 Å². The van der Waals surface area contributed by atoms with Crippen LogP contribution in [0.2, 0.25) is 10.0 Å². The van der Waals surface area contributed by atoms with E-state index in [-0.39, 0.29) is 25.3 Å². The number of halogens is 2. The zero-order chi connectivity index (χ0) is 56.0. The lowest BCUT2D eigenvalue weighted by Gasteiger charge is -2.09. The summed E-state index contributed by atoms with van der Waals surface area (Å²) in [5.74, 6) is 0. The van der Waals surface area contributed by atoms with E-state index in [2.05, 4.69) is 21.3 Å². The van der Waals surface area contributed by atoms with Crippen LogP contribution in [0.25, 0.3) is 10.8 Å². The van der Waals surface area contributed by atoms with Gasteiger partial charge in [-0.05, 0) is 163 Å². The summed E-state index contributed by atoms with van der Waals surface area (Å²) in [5, 5.41) is 25.3. The first-order valence-electron chi connectivity index (χ1n) is 21.9. The van der Waals surface area contributed by atoms with Gasteiger partial charge in [0.1, 0.15) is 4.90 Å². The van der Waals surface area contributed by atoms with Gasteiger partial charge in [0.2, 0.25) is 0 Å². The Morgan fingerprint density at radius 1 is 0.351 bits per heavy atom. The summed E-state index contributed by atoms with van der Waals surface area (Å²) < 4.78 is 124. The number of nitro groups is 1. The van der Waals surface area contributed by atoms with E-state index in [1.54, 1.807) is 91.0 Å². The highest BCUT2D eigenvalue weighted by atomic mass is 35.5. The lowest BCUT2D eigenvalue weighted by atomic mass is 10.1. The van der Waals surface area contributed by atoms with Crippen molar-refractivity contribution in [3.8, 4) is 0 Å². The second-order valence-corrected chi connectivity index (χ2v) is 22.4. The van der Waals surface area contributed by atoms with Gasteiger partial charge in [-0.25, -0.2) is 0 Å². The molecule has 0 atom stereocenters. The van der Waals surface area contributed by atoms with E-state index in [0.29, 0.717) is 38.2 Å². The topological polar surface area (TPSA) is 309 Å². The molecule has 77 heavy (non-hydrogen) atoms. The van der Waals surface area contributed by atoms with Crippen LogP contribution < -0.4 is 21.3 Å². The smallest absolute Gasteiger partial charge is 0.295 e. The summed E-state index contributed by atoms with van der Waals surface area (Å²) in [7, 11) is -16.7. The van der Waals surface area contributed by atoms with Gasteiger partial charge in [0.05, 0.1) is 19.6 Å². The van der Waals surface area contributed by atoms with Gasteiger partial charge in [0.15, 0.2) is 0 Å². The molecule has 0 heterocycles. The molecular formula is C52H43Cl2N5O14S4. The normalized spacial score (nSPS) is 11.2. The van der Waals surface area contributed by atoms with Crippen LogP contribution in [0.15, 0.2) is 232 Å². The number of rotatable bonds is 13. The zero-order valence-corrected chi connectivity index (χ0v) is 44.2. The Kier molecular flexibility index (Phi) is 19.5. The third kappa shape index (κ3) is 18.4. The Hall–Kier alpha value is -7.94. The molecule has 0 unspecified atom stereocenters. The summed E-state index contributed by atoms with van der Waals surface area (Å²) in [6.07, 6.45) is 0. The van der Waals surface area contributed by atoms with Crippen LogP contribution in [-0.4, -0.2) is 56.8 Å². The number of nitrogens with zero attached hydrogens (tertiary/aromatic N) is 1. The van der Waals surface area contributed by atoms with Crippen LogP contribution >= 0.6 is 23.2 Å². The molecule has 0 bridgehead atoms. The molecule has 9 aromatic carbocycles. The van der Waals surface area contributed by atoms with E-state index in [0.717, 1.165) is 28.1 Å². The van der Waals surface area contributed by atoms with E-state index in [9.17, 15) is 48.3 Å². The van der Waals surface area contributed by atoms with Crippen molar-refractivity contribution in [3.05, 3.63) is 232 Å². The van der Waals surface area contributed by atoms with E-state index in [4.69, 9.17) is 36.9 Å². The predicted molar refractivity (Wildman–Crippen MR) is 298 cm³/mol. The van der Waals surface area contributed by atoms with E-state index < -0.39 is 45.4 Å². The summed E-state index contributed by atoms with van der Waals surface area (Å²) in [4.78, 5) is 9.46. The third-order valence-electron chi connectivity index (χ3n) is 10.3. The molecule has 0 aliphatic heterocycles. The fourth-order valence-corrected chi connectivity index (χ4v) is 9.11. The number of nitro benzene ring substituents is 1. The highest BCUT2D eigenvalue weighted by molar-refractivity contribution is 7.86. The molecule has 9 aromatic rings. The van der Waals surface area contributed by atoms with Crippen LogP contribution in [0.5, 0.6) is 0 Å². The van der Waals surface area contributed by atoms with Gasteiger partial charge < -0.3 is 21.3 Å². The van der Waals surface area contributed by atoms with Gasteiger partial charge in [-0.2, -0.15) is 33.7 Å². The third-order valence-corrected chi connectivity index (χ3v) is 14.3. The molecule has 0 fully saturated rings. The standard InChI is InChI=1S/C16H13NO3S.2C12H10ClNO3S.C12H10N2O5S/c18-21(19,20)16-8-4-5-12-11-14(9-10-15(12)16)17-13-6-2-1-3-7-13;13-9-1-3-10(4-2-9)14-11-5-7-12(8-6-11)18(15,16)17;13-9-2-1-3-11(8-9)14-10-4-6-12(7-5-10)18(15,16)17;15-14(16)11-5-1-9(2-6-11)13-10-3-7-12(8-4-10)20(17,18)19/h1-11,17H,(H,18,19,20);2*1-8,14H,(H,15,16,17);1-8,13H,(H,17,18,19). The predicted octanol–water partition coefficient (Wildman–Crippen LogP) is 13.1. The lowest BCUT2D eigenvalue weighted by molar-refractivity contribution is -0.384. The van der Waals surface area contributed by atoms with Gasteiger partial charge in [0, 0.05) is 73.1 Å². The number of hydrogen-bond acceptors (Lipinski definition) is 14. The molecule has 0 saturated carbocycles. The molecule has 8 N–H and O–H groups in total. The minimum Gasteiger partial charge on any atom is -0.356 e. The van der Waals surface area contributed by atoms with Crippen LogP contribution in [0.1, 0.15) is 0 Å². The lowest BCUT2D eigenvalue weighted by Crippen LogP contribution is -1.99. The Morgan fingerprint density at radius 3 is 1.10 bits per heavy atom. The molecule has 25 heteroatoms. The first kappa shape index (κ1) is 58.3.